The Morgan fingerprint density at radius 2 is 1.49 bits per heavy atom. The second-order valence-electron chi connectivity index (χ2n) is 9.82. The number of imidazole rings is 1. The monoisotopic (exact) mass is 715 g/mol. The van der Waals surface area contributed by atoms with Gasteiger partial charge in [-0.25, -0.2) is 28.6 Å². The van der Waals surface area contributed by atoms with Gasteiger partial charge >= 0.3 is 23.5 Å². The van der Waals surface area contributed by atoms with Crippen LogP contribution in [0.4, 0.5) is 5.82 Å². The molecule has 0 amide bonds. The maximum Gasteiger partial charge on any atom is 0.490 e. The number of ether oxygens (including phenoxy) is 1. The van der Waals surface area contributed by atoms with Crippen LogP contribution < -0.4 is 5.73 Å². The van der Waals surface area contributed by atoms with Crippen LogP contribution in [0.15, 0.2) is 67.3 Å². The Labute approximate surface area is 262 Å². The zero-order valence-electron chi connectivity index (χ0n) is 23.4. The average Bonchev–Trinajstić information content (AvgIpc) is 3.54. The van der Waals surface area contributed by atoms with E-state index in [1.807, 2.05) is 0 Å². The molecular formula is C24H24N5O15P3. The van der Waals surface area contributed by atoms with Crippen LogP contribution in [-0.2, 0) is 37.3 Å². The fraction of sp³-hybridized carbons (Fsp3) is 0.208. The van der Waals surface area contributed by atoms with E-state index in [2.05, 4.69) is 28.1 Å². The number of aliphatic hydroxyl groups is 2. The summed E-state index contributed by atoms with van der Waals surface area (Å²) in [6, 6.07) is 13.5. The van der Waals surface area contributed by atoms with Gasteiger partial charge in [0.25, 0.3) is 0 Å². The van der Waals surface area contributed by atoms with Gasteiger partial charge in [0.15, 0.2) is 17.2 Å². The molecule has 5 rings (SSSR count). The molecule has 1 saturated heterocycles. The Morgan fingerprint density at radius 3 is 2.13 bits per heavy atom. The SMILES string of the molecule is Nc1ncnc2c1ncn2[C@]1(C(=O)c2ccc(C(=O)c3ccccc3)cc2)O[C@H](COP(=O)(O)OP(=O)(O)OP(=O)(O)O)[C@@H](O)[C@H]1O. The largest absolute Gasteiger partial charge is 0.490 e. The number of phosphoric ester groups is 1. The first kappa shape index (κ1) is 34.7. The van der Waals surface area contributed by atoms with Crippen molar-refractivity contribution in [2.75, 3.05) is 12.3 Å². The van der Waals surface area contributed by atoms with E-state index >= 15 is 0 Å². The molecule has 0 aliphatic carbocycles. The quantitative estimate of drug-likeness (QED) is 0.0781. The van der Waals surface area contributed by atoms with Crippen LogP contribution in [0.2, 0.25) is 0 Å². The number of nitrogens with two attached hydrogens (primary N) is 1. The van der Waals surface area contributed by atoms with Crippen LogP contribution in [0.3, 0.4) is 0 Å². The van der Waals surface area contributed by atoms with E-state index in [-0.39, 0.29) is 33.9 Å². The number of hydrogen-bond donors (Lipinski definition) is 7. The molecule has 0 bridgehead atoms. The van der Waals surface area contributed by atoms with E-state index in [1.54, 1.807) is 30.3 Å². The van der Waals surface area contributed by atoms with E-state index in [0.29, 0.717) is 5.56 Å². The molecule has 3 heterocycles. The van der Waals surface area contributed by atoms with Gasteiger partial charge in [0.1, 0.15) is 36.5 Å². The zero-order valence-corrected chi connectivity index (χ0v) is 26.0. The molecular weight excluding hydrogens is 691 g/mol. The lowest BCUT2D eigenvalue weighted by Crippen LogP contribution is -2.51. The van der Waals surface area contributed by atoms with E-state index in [0.717, 1.165) is 17.2 Å². The van der Waals surface area contributed by atoms with Crippen molar-refractivity contribution < 1.29 is 71.0 Å². The Kier molecular flexibility index (Phi) is 9.46. The summed E-state index contributed by atoms with van der Waals surface area (Å²) in [6.07, 6.45) is -4.12. The lowest BCUT2D eigenvalue weighted by molar-refractivity contribution is -0.112. The molecule has 8 N–H and O–H groups in total. The molecule has 1 aliphatic heterocycles. The number of hydrogen-bond acceptors (Lipinski definition) is 15. The van der Waals surface area contributed by atoms with Crippen LogP contribution in [0, 0.1) is 0 Å². The number of aliphatic hydroxyl groups excluding tert-OH is 2. The van der Waals surface area contributed by atoms with Gasteiger partial charge < -0.3 is 40.3 Å². The maximum atomic E-state index is 14.2. The number of anilines is 1. The number of carbonyl (C=O) groups is 2. The van der Waals surface area contributed by atoms with Crippen molar-refractivity contribution in [3.63, 3.8) is 0 Å². The highest BCUT2D eigenvalue weighted by Gasteiger charge is 2.61. The molecule has 6 atom stereocenters. The highest BCUT2D eigenvalue weighted by molar-refractivity contribution is 7.66. The summed E-state index contributed by atoms with van der Waals surface area (Å²) in [5.74, 6) is -1.51. The number of aromatic nitrogens is 4. The molecule has 2 aromatic heterocycles. The molecule has 2 unspecified atom stereocenters. The average molecular weight is 715 g/mol. The van der Waals surface area contributed by atoms with Gasteiger partial charge in [-0.2, -0.15) is 8.62 Å². The summed E-state index contributed by atoms with van der Waals surface area (Å²) >= 11 is 0. The van der Waals surface area contributed by atoms with Crippen molar-refractivity contribution in [2.45, 2.75) is 24.0 Å². The van der Waals surface area contributed by atoms with Crippen molar-refractivity contribution in [1.82, 2.24) is 19.5 Å². The highest BCUT2D eigenvalue weighted by Crippen LogP contribution is 2.66. The molecule has 250 valence electrons. The summed E-state index contributed by atoms with van der Waals surface area (Å²) in [4.78, 5) is 75.8. The van der Waals surface area contributed by atoms with Crippen LogP contribution in [-0.4, -0.2) is 85.8 Å². The molecule has 1 fully saturated rings. The minimum atomic E-state index is -5.88. The molecule has 1 aliphatic rings. The molecule has 23 heteroatoms. The number of fused-ring (bicyclic) bond motifs is 1. The van der Waals surface area contributed by atoms with Crippen molar-refractivity contribution in [2.24, 2.45) is 0 Å². The fourth-order valence-corrected chi connectivity index (χ4v) is 7.77. The summed E-state index contributed by atoms with van der Waals surface area (Å²) in [5.41, 5.74) is 3.48. The number of nitrogens with zero attached hydrogens (tertiary/aromatic N) is 4. The molecule has 20 nitrogen and oxygen atoms in total. The van der Waals surface area contributed by atoms with Crippen LogP contribution in [0.5, 0.6) is 0 Å². The molecule has 0 radical (unpaired) electrons. The third-order valence-electron chi connectivity index (χ3n) is 6.74. The second kappa shape index (κ2) is 12.8. The normalized spacial score (nSPS) is 24.1. The van der Waals surface area contributed by atoms with E-state index in [4.69, 9.17) is 20.3 Å². The number of benzene rings is 2. The molecule has 0 spiro atoms. The van der Waals surface area contributed by atoms with Crippen molar-refractivity contribution >= 4 is 52.0 Å². The van der Waals surface area contributed by atoms with Crippen molar-refractivity contribution in [3.8, 4) is 0 Å². The zero-order chi connectivity index (χ0) is 34.4. The predicted molar refractivity (Wildman–Crippen MR) is 155 cm³/mol. The summed E-state index contributed by atoms with van der Waals surface area (Å²) < 4.78 is 53.6. The number of phosphoric acid groups is 3. The molecule has 2 aromatic carbocycles. The van der Waals surface area contributed by atoms with Crippen LogP contribution >= 0.6 is 23.5 Å². The number of rotatable bonds is 12. The van der Waals surface area contributed by atoms with E-state index in [9.17, 15) is 43.3 Å². The van der Waals surface area contributed by atoms with Crippen molar-refractivity contribution in [1.29, 1.82) is 0 Å². The van der Waals surface area contributed by atoms with Crippen molar-refractivity contribution in [3.05, 3.63) is 83.9 Å². The number of ketones is 2. The second-order valence-corrected chi connectivity index (χ2v) is 14.2. The smallest absolute Gasteiger partial charge is 0.387 e. The van der Waals surface area contributed by atoms with Crippen LogP contribution in [0.25, 0.3) is 11.2 Å². The standard InChI is InChI=1S/C24H24N5O15P3/c25-22-17-23(27-11-26-22)29(12-28-17)24(20(32)15-8-6-14(7-9-15)18(30)13-4-2-1-3-5-13)21(33)19(31)16(42-24)10-41-46(37,38)44-47(39,40)43-45(34,35)36/h1-9,11-12,16,19,21,31,33H,10H2,(H,37,38)(H,39,40)(H2,25,26,27)(H2,34,35,36)/t16-,19-,21-,24-/m1/s1. The molecule has 0 saturated carbocycles. The van der Waals surface area contributed by atoms with E-state index in [1.165, 1.54) is 24.3 Å². The summed E-state index contributed by atoms with van der Waals surface area (Å²) in [7, 11) is -17.2. The highest BCUT2D eigenvalue weighted by atomic mass is 31.3. The first-order chi connectivity index (χ1) is 21.9. The van der Waals surface area contributed by atoms with E-state index < -0.39 is 59.9 Å². The fourth-order valence-electron chi connectivity index (χ4n) is 4.74. The maximum absolute atomic E-state index is 14.2. The molecule has 4 aromatic rings. The van der Waals surface area contributed by atoms with Gasteiger partial charge in [0.05, 0.1) is 6.61 Å². The lowest BCUT2D eigenvalue weighted by atomic mass is 9.92. The first-order valence-electron chi connectivity index (χ1n) is 12.9. The topological polar surface area (TPSA) is 313 Å². The number of nitrogen functional groups attached to an aromatic ring is 1. The number of carbonyl (C=O) groups excluding carboxylic acids is 2. The number of Topliss-reactive ketones (excluding diaryl/α,β-unsaturated/α-hetero) is 1. The Hall–Kier alpha value is -3.58. The third-order valence-corrected chi connectivity index (χ3v) is 10.5. The third kappa shape index (κ3) is 7.15. The lowest BCUT2D eigenvalue weighted by Gasteiger charge is -2.32. The predicted octanol–water partition coefficient (Wildman–Crippen LogP) is 0.639. The van der Waals surface area contributed by atoms with Gasteiger partial charge in [0.2, 0.25) is 11.5 Å². The van der Waals surface area contributed by atoms with Gasteiger partial charge in [-0.3, -0.25) is 18.7 Å². The van der Waals surface area contributed by atoms with Gasteiger partial charge in [-0.05, 0) is 0 Å². The Bertz CT molecular complexity index is 1970. The van der Waals surface area contributed by atoms with Gasteiger partial charge in [-0.1, -0.05) is 54.6 Å². The minimum absolute atomic E-state index is 0.0366. The first-order valence-corrected chi connectivity index (χ1v) is 17.5. The van der Waals surface area contributed by atoms with Crippen LogP contribution in [0.1, 0.15) is 26.3 Å². The summed E-state index contributed by atoms with van der Waals surface area (Å²) in [6.45, 7) is -1.22. The Morgan fingerprint density at radius 1 is 0.872 bits per heavy atom. The minimum Gasteiger partial charge on any atom is -0.387 e. The van der Waals surface area contributed by atoms with Gasteiger partial charge in [-0.15, -0.1) is 0 Å². The van der Waals surface area contributed by atoms with Gasteiger partial charge in [0, 0.05) is 16.7 Å². The summed E-state index contributed by atoms with van der Waals surface area (Å²) in [5, 5.41) is 22.3. The Balaban J connectivity index is 1.49. The molecule has 47 heavy (non-hydrogen) atoms.